The number of benzene rings is 2. The van der Waals surface area contributed by atoms with E-state index in [1.165, 1.54) is 30.4 Å². The number of nitrogens with zero attached hydrogens (tertiary/aromatic N) is 2. The van der Waals surface area contributed by atoms with Gasteiger partial charge in [-0.25, -0.2) is 0 Å². The van der Waals surface area contributed by atoms with Gasteiger partial charge in [0.25, 0.3) is 5.91 Å². The summed E-state index contributed by atoms with van der Waals surface area (Å²) in [4.78, 5) is 19.0. The maximum absolute atomic E-state index is 12.4. The minimum Gasteiger partial charge on any atom is -0.371 e. The minimum atomic E-state index is -0.137. The molecule has 1 aliphatic carbocycles. The number of aryl methyl sites for hydroxylation is 1. The second kappa shape index (κ2) is 7.90. The first-order valence-electron chi connectivity index (χ1n) is 10.5. The van der Waals surface area contributed by atoms with Gasteiger partial charge < -0.3 is 15.5 Å². The first-order valence-corrected chi connectivity index (χ1v) is 10.5. The third-order valence-corrected chi connectivity index (χ3v) is 5.96. The lowest BCUT2D eigenvalue weighted by molar-refractivity contribution is 0.0827. The Hall–Kier alpha value is -2.82. The van der Waals surface area contributed by atoms with Gasteiger partial charge in [0.05, 0.1) is 23.5 Å². The number of anilines is 2. The third kappa shape index (κ3) is 4.00. The van der Waals surface area contributed by atoms with E-state index in [1.807, 2.05) is 18.2 Å². The molecule has 0 saturated heterocycles. The molecule has 2 aromatic rings. The molecule has 0 aromatic heterocycles. The van der Waals surface area contributed by atoms with Crippen molar-refractivity contribution >= 4 is 23.1 Å². The lowest BCUT2D eigenvalue weighted by Gasteiger charge is -2.44. The van der Waals surface area contributed by atoms with Gasteiger partial charge in [0.15, 0.2) is 0 Å². The summed E-state index contributed by atoms with van der Waals surface area (Å²) in [6, 6.07) is 14.4. The van der Waals surface area contributed by atoms with Crippen LogP contribution in [-0.2, 0) is 6.54 Å². The molecule has 1 heterocycles. The van der Waals surface area contributed by atoms with E-state index >= 15 is 0 Å². The molecule has 1 fully saturated rings. The normalized spacial score (nSPS) is 18.7. The molecular weight excluding hydrogens is 360 g/mol. The zero-order valence-corrected chi connectivity index (χ0v) is 17.6. The van der Waals surface area contributed by atoms with Crippen LogP contribution in [-0.4, -0.2) is 36.3 Å². The predicted molar refractivity (Wildman–Crippen MR) is 120 cm³/mol. The highest BCUT2D eigenvalue weighted by Gasteiger charge is 2.41. The topological polar surface area (TPSA) is 56.7 Å². The van der Waals surface area contributed by atoms with Crippen LogP contribution in [0.25, 0.3) is 0 Å². The van der Waals surface area contributed by atoms with Crippen molar-refractivity contribution in [3.8, 4) is 0 Å². The number of hydrogen-bond acceptors (Lipinski definition) is 3. The van der Waals surface area contributed by atoms with Crippen LogP contribution in [0.2, 0.25) is 0 Å². The Bertz CT molecular complexity index is 942. The summed E-state index contributed by atoms with van der Waals surface area (Å²) in [7, 11) is 3.55. The van der Waals surface area contributed by atoms with E-state index in [0.29, 0.717) is 12.1 Å². The molecule has 5 heteroatoms. The van der Waals surface area contributed by atoms with Crippen molar-refractivity contribution in [3.05, 3.63) is 59.2 Å². The highest BCUT2D eigenvalue weighted by Crippen LogP contribution is 2.40. The van der Waals surface area contributed by atoms with Gasteiger partial charge in [-0.1, -0.05) is 49.1 Å². The van der Waals surface area contributed by atoms with Gasteiger partial charge in [-0.2, -0.15) is 0 Å². The molecule has 0 unspecified atom stereocenters. The predicted octanol–water partition coefficient (Wildman–Crippen LogP) is 4.84. The third-order valence-electron chi connectivity index (χ3n) is 5.96. The minimum absolute atomic E-state index is 0.00537. The molecular formula is C24H30N4O. The van der Waals surface area contributed by atoms with Gasteiger partial charge in [0, 0.05) is 19.7 Å². The van der Waals surface area contributed by atoms with Gasteiger partial charge in [-0.15, -0.1) is 0 Å². The number of amides is 1. The van der Waals surface area contributed by atoms with E-state index in [-0.39, 0.29) is 11.4 Å². The Morgan fingerprint density at radius 3 is 2.59 bits per heavy atom. The Kier molecular flexibility index (Phi) is 5.31. The van der Waals surface area contributed by atoms with Gasteiger partial charge in [-0.05, 0) is 43.5 Å². The largest absolute Gasteiger partial charge is 0.371 e. The second-order valence-electron chi connectivity index (χ2n) is 8.51. The molecule has 1 spiro atoms. The quantitative estimate of drug-likeness (QED) is 0.789. The zero-order chi connectivity index (χ0) is 20.4. The SMILES string of the molecule is Cc1cccc(CN=C2Nc3cc(C(=O)N(C)C)ccc3NC23CCCCC3)c1. The van der Waals surface area contributed by atoms with Crippen molar-refractivity contribution in [3.63, 3.8) is 0 Å². The average Bonchev–Trinajstić information content (AvgIpc) is 2.72. The van der Waals surface area contributed by atoms with Gasteiger partial charge in [0.1, 0.15) is 5.84 Å². The summed E-state index contributed by atoms with van der Waals surface area (Å²) >= 11 is 0. The van der Waals surface area contributed by atoms with Crippen molar-refractivity contribution in [2.75, 3.05) is 24.7 Å². The summed E-state index contributed by atoms with van der Waals surface area (Å²) < 4.78 is 0. The summed E-state index contributed by atoms with van der Waals surface area (Å²) in [6.07, 6.45) is 5.82. The Morgan fingerprint density at radius 1 is 1.07 bits per heavy atom. The molecule has 5 nitrogen and oxygen atoms in total. The van der Waals surface area contributed by atoms with Crippen LogP contribution in [0.1, 0.15) is 53.6 Å². The summed E-state index contributed by atoms with van der Waals surface area (Å²) in [6.45, 7) is 2.76. The summed E-state index contributed by atoms with van der Waals surface area (Å²) in [5.41, 5.74) is 4.99. The van der Waals surface area contributed by atoms with Gasteiger partial charge in [0.2, 0.25) is 0 Å². The van der Waals surface area contributed by atoms with Crippen LogP contribution < -0.4 is 10.6 Å². The number of rotatable bonds is 3. The average molecular weight is 391 g/mol. The summed E-state index contributed by atoms with van der Waals surface area (Å²) in [5.74, 6) is 1.01. The van der Waals surface area contributed by atoms with E-state index < -0.39 is 0 Å². The van der Waals surface area contributed by atoms with Crippen molar-refractivity contribution in [2.45, 2.75) is 51.1 Å². The molecule has 0 radical (unpaired) electrons. The van der Waals surface area contributed by atoms with Crippen LogP contribution in [0.3, 0.4) is 0 Å². The van der Waals surface area contributed by atoms with E-state index in [9.17, 15) is 4.79 Å². The molecule has 152 valence electrons. The van der Waals surface area contributed by atoms with Crippen LogP contribution in [0.15, 0.2) is 47.5 Å². The van der Waals surface area contributed by atoms with Crippen LogP contribution in [0.5, 0.6) is 0 Å². The van der Waals surface area contributed by atoms with Crippen molar-refractivity contribution in [1.82, 2.24) is 4.90 Å². The lowest BCUT2D eigenvalue weighted by Crippen LogP contribution is -2.53. The fraction of sp³-hybridized carbons (Fsp3) is 0.417. The van der Waals surface area contributed by atoms with Crippen LogP contribution in [0, 0.1) is 6.92 Å². The number of carbonyl (C=O) groups is 1. The number of aliphatic imine (C=N–C) groups is 1. The molecule has 1 aliphatic heterocycles. The van der Waals surface area contributed by atoms with Gasteiger partial charge in [-0.3, -0.25) is 9.79 Å². The number of hydrogen-bond donors (Lipinski definition) is 2. The van der Waals surface area contributed by atoms with E-state index in [1.54, 1.807) is 19.0 Å². The molecule has 2 aliphatic rings. The molecule has 4 rings (SSSR count). The fourth-order valence-electron chi connectivity index (χ4n) is 4.40. The first kappa shape index (κ1) is 19.5. The van der Waals surface area contributed by atoms with Crippen molar-refractivity contribution < 1.29 is 4.79 Å². The Labute approximate surface area is 173 Å². The number of nitrogens with one attached hydrogen (secondary N) is 2. The monoisotopic (exact) mass is 390 g/mol. The number of carbonyl (C=O) groups excluding carboxylic acids is 1. The zero-order valence-electron chi connectivity index (χ0n) is 17.6. The Balaban J connectivity index is 1.68. The smallest absolute Gasteiger partial charge is 0.253 e. The van der Waals surface area contributed by atoms with E-state index in [0.717, 1.165) is 30.1 Å². The highest BCUT2D eigenvalue weighted by atomic mass is 16.2. The van der Waals surface area contributed by atoms with Crippen molar-refractivity contribution in [2.24, 2.45) is 4.99 Å². The standard InChI is InChI=1S/C24H30N4O/c1-17-8-7-9-18(14-17)16-25-23-24(12-5-4-6-13-24)27-20-11-10-19(15-21(20)26-23)22(29)28(2)3/h7-11,14-15,27H,4-6,12-13,16H2,1-3H3,(H,25,26). The highest BCUT2D eigenvalue weighted by molar-refractivity contribution is 6.10. The maximum Gasteiger partial charge on any atom is 0.253 e. The van der Waals surface area contributed by atoms with E-state index in [4.69, 9.17) is 4.99 Å². The van der Waals surface area contributed by atoms with Crippen LogP contribution in [0.4, 0.5) is 11.4 Å². The number of fused-ring (bicyclic) bond motifs is 1. The molecule has 0 atom stereocenters. The molecule has 0 bridgehead atoms. The second-order valence-corrected chi connectivity index (χ2v) is 8.51. The van der Waals surface area contributed by atoms with Crippen molar-refractivity contribution in [1.29, 1.82) is 0 Å². The first-order chi connectivity index (χ1) is 14.0. The molecule has 2 aromatic carbocycles. The lowest BCUT2D eigenvalue weighted by atomic mass is 9.79. The maximum atomic E-state index is 12.4. The summed E-state index contributed by atoms with van der Waals surface area (Å²) in [5, 5.41) is 7.38. The van der Waals surface area contributed by atoms with E-state index in [2.05, 4.69) is 41.8 Å². The molecule has 29 heavy (non-hydrogen) atoms. The molecule has 1 saturated carbocycles. The number of amidine groups is 1. The molecule has 2 N–H and O–H groups in total. The van der Waals surface area contributed by atoms with Crippen LogP contribution >= 0.6 is 0 Å². The van der Waals surface area contributed by atoms with Gasteiger partial charge >= 0.3 is 0 Å². The Morgan fingerprint density at radius 2 is 1.86 bits per heavy atom. The molecule has 1 amide bonds. The fourth-order valence-corrected chi connectivity index (χ4v) is 4.40.